The summed E-state index contributed by atoms with van der Waals surface area (Å²) in [5.74, 6) is -0.448. The van der Waals surface area contributed by atoms with Gasteiger partial charge >= 0.3 is 0 Å². The molecule has 0 heterocycles. The van der Waals surface area contributed by atoms with E-state index in [0.717, 1.165) is 48.5 Å². The first-order chi connectivity index (χ1) is 21.6. The summed E-state index contributed by atoms with van der Waals surface area (Å²) in [6.45, 7) is 0.984. The van der Waals surface area contributed by atoms with Crippen LogP contribution in [0.1, 0.15) is 44.6 Å². The molecule has 4 rings (SSSR count). The maximum Gasteiger partial charge on any atom is 0.264 e. The molecule has 3 aromatic carbocycles. The topological polar surface area (TPSA) is 114 Å². The number of nitrogens with zero attached hydrogens (tertiary/aromatic N) is 2. The van der Waals surface area contributed by atoms with Gasteiger partial charge in [0.15, 0.2) is 11.5 Å². The van der Waals surface area contributed by atoms with Crippen LogP contribution in [0.25, 0.3) is 0 Å². The third-order valence-corrected chi connectivity index (χ3v) is 9.71. The minimum atomic E-state index is -4.40. The Morgan fingerprint density at radius 1 is 0.911 bits per heavy atom. The summed E-state index contributed by atoms with van der Waals surface area (Å²) in [5.41, 5.74) is 0.760. The fourth-order valence-corrected chi connectivity index (χ4v) is 6.79. The number of hydrogen-bond donors (Lipinski definition) is 1. The van der Waals surface area contributed by atoms with E-state index in [4.69, 9.17) is 14.2 Å². The number of methoxy groups -OCH3 is 3. The van der Waals surface area contributed by atoms with Gasteiger partial charge in [-0.05, 0) is 73.9 Å². The van der Waals surface area contributed by atoms with Crippen LogP contribution in [0.3, 0.4) is 0 Å². The van der Waals surface area contributed by atoms with E-state index in [1.165, 1.54) is 56.6 Å². The van der Waals surface area contributed by atoms with Gasteiger partial charge in [0.2, 0.25) is 11.8 Å². The van der Waals surface area contributed by atoms with Crippen LogP contribution in [-0.2, 0) is 26.2 Å². The van der Waals surface area contributed by atoms with Crippen molar-refractivity contribution in [1.82, 2.24) is 10.2 Å². The molecule has 1 aliphatic carbocycles. The summed E-state index contributed by atoms with van der Waals surface area (Å²) in [6, 6.07) is 15.1. The van der Waals surface area contributed by atoms with Crippen molar-refractivity contribution in [3.8, 4) is 17.2 Å². The summed E-state index contributed by atoms with van der Waals surface area (Å²) in [5, 5.41) is 3.08. The second-order valence-corrected chi connectivity index (χ2v) is 12.8. The lowest BCUT2D eigenvalue weighted by atomic mass is 9.95. The molecule has 3 aromatic rings. The fraction of sp³-hybridized carbons (Fsp3) is 0.394. The molecule has 10 nitrogen and oxygen atoms in total. The summed E-state index contributed by atoms with van der Waals surface area (Å²) >= 11 is 0. The van der Waals surface area contributed by atoms with Gasteiger partial charge in [-0.2, -0.15) is 0 Å². The largest absolute Gasteiger partial charge is 0.497 e. The number of sulfonamides is 1. The molecule has 0 saturated heterocycles. The van der Waals surface area contributed by atoms with E-state index in [-0.39, 0.29) is 34.8 Å². The Bertz CT molecular complexity index is 1580. The van der Waals surface area contributed by atoms with Gasteiger partial charge in [0.25, 0.3) is 10.0 Å². The highest BCUT2D eigenvalue weighted by Gasteiger charge is 2.34. The first-order valence-corrected chi connectivity index (χ1v) is 16.2. The molecule has 45 heavy (non-hydrogen) atoms. The molecule has 0 bridgehead atoms. The quantitative estimate of drug-likeness (QED) is 0.282. The maximum absolute atomic E-state index is 14.2. The van der Waals surface area contributed by atoms with Crippen molar-refractivity contribution in [2.24, 2.45) is 0 Å². The molecule has 0 radical (unpaired) electrons. The average Bonchev–Trinajstić information content (AvgIpc) is 3.06. The highest BCUT2D eigenvalue weighted by molar-refractivity contribution is 7.92. The molecule has 1 aliphatic rings. The zero-order chi connectivity index (χ0) is 32.6. The Morgan fingerprint density at radius 3 is 2.24 bits per heavy atom. The van der Waals surface area contributed by atoms with Gasteiger partial charge in [-0.15, -0.1) is 0 Å². The first kappa shape index (κ1) is 33.6. The number of ether oxygens (including phenoxy) is 3. The molecule has 0 aliphatic heterocycles. The molecule has 0 aromatic heterocycles. The average molecular weight is 642 g/mol. The predicted molar refractivity (Wildman–Crippen MR) is 168 cm³/mol. The van der Waals surface area contributed by atoms with Crippen LogP contribution in [0.2, 0.25) is 0 Å². The van der Waals surface area contributed by atoms with Crippen LogP contribution in [0.5, 0.6) is 17.2 Å². The number of anilines is 1. The lowest BCUT2D eigenvalue weighted by Crippen LogP contribution is -2.53. The van der Waals surface area contributed by atoms with Gasteiger partial charge in [-0.1, -0.05) is 31.4 Å². The van der Waals surface area contributed by atoms with E-state index in [2.05, 4.69) is 5.32 Å². The second kappa shape index (κ2) is 15.1. The lowest BCUT2D eigenvalue weighted by molar-refractivity contribution is -0.139. The summed E-state index contributed by atoms with van der Waals surface area (Å²) < 4.78 is 59.0. The van der Waals surface area contributed by atoms with E-state index in [1.54, 1.807) is 31.2 Å². The van der Waals surface area contributed by atoms with Crippen molar-refractivity contribution in [3.63, 3.8) is 0 Å². The molecular formula is C33H40FN3O7S. The number of hydrogen-bond acceptors (Lipinski definition) is 7. The summed E-state index contributed by atoms with van der Waals surface area (Å²) in [7, 11) is -0.0591. The van der Waals surface area contributed by atoms with Crippen molar-refractivity contribution in [3.05, 3.63) is 78.1 Å². The van der Waals surface area contributed by atoms with Gasteiger partial charge < -0.3 is 24.4 Å². The Morgan fingerprint density at radius 2 is 1.60 bits per heavy atom. The Kier molecular flexibility index (Phi) is 11.3. The third-order valence-electron chi connectivity index (χ3n) is 7.94. The molecular weight excluding hydrogens is 601 g/mol. The molecule has 1 N–H and O–H groups in total. The monoisotopic (exact) mass is 641 g/mol. The minimum Gasteiger partial charge on any atom is -0.497 e. The smallest absolute Gasteiger partial charge is 0.264 e. The molecule has 12 heteroatoms. The number of halogens is 1. The fourth-order valence-electron chi connectivity index (χ4n) is 5.36. The van der Waals surface area contributed by atoms with Gasteiger partial charge in [0.05, 0.1) is 31.9 Å². The van der Waals surface area contributed by atoms with Crippen molar-refractivity contribution in [2.75, 3.05) is 32.2 Å². The summed E-state index contributed by atoms with van der Waals surface area (Å²) in [6.07, 6.45) is 4.89. The Labute approximate surface area is 264 Å². The molecule has 1 saturated carbocycles. The van der Waals surface area contributed by atoms with E-state index in [9.17, 15) is 22.4 Å². The zero-order valence-corrected chi connectivity index (χ0v) is 26.8. The van der Waals surface area contributed by atoms with E-state index in [1.807, 2.05) is 0 Å². The van der Waals surface area contributed by atoms with Crippen LogP contribution >= 0.6 is 0 Å². The van der Waals surface area contributed by atoms with Crippen LogP contribution in [0, 0.1) is 5.82 Å². The number of carbonyl (C=O) groups is 2. The van der Waals surface area contributed by atoms with E-state index in [0.29, 0.717) is 17.1 Å². The number of carbonyl (C=O) groups excluding carboxylic acids is 2. The molecule has 1 fully saturated rings. The highest BCUT2D eigenvalue weighted by Crippen LogP contribution is 2.32. The molecule has 0 spiro atoms. The van der Waals surface area contributed by atoms with Crippen LogP contribution in [0.4, 0.5) is 10.1 Å². The summed E-state index contributed by atoms with van der Waals surface area (Å²) in [4.78, 5) is 28.9. The van der Waals surface area contributed by atoms with Gasteiger partial charge in [-0.3, -0.25) is 13.9 Å². The Balaban J connectivity index is 1.71. The molecule has 1 atom stereocenters. The normalized spacial score (nSPS) is 14.2. The molecule has 242 valence electrons. The zero-order valence-electron chi connectivity index (χ0n) is 26.0. The molecule has 0 unspecified atom stereocenters. The SMILES string of the molecule is COc1cccc(CN(C(=O)CN(c2ccc(F)cc2)S(=O)(=O)c2ccc(OC)c(OC)c2)[C@H](C)C(=O)NC2CCCCC2)c1. The second-order valence-electron chi connectivity index (χ2n) is 10.9. The van der Waals surface area contributed by atoms with E-state index >= 15 is 0 Å². The van der Waals surface area contributed by atoms with E-state index < -0.39 is 34.3 Å². The van der Waals surface area contributed by atoms with Crippen LogP contribution in [0.15, 0.2) is 71.6 Å². The van der Waals surface area contributed by atoms with Crippen molar-refractivity contribution < 1.29 is 36.6 Å². The van der Waals surface area contributed by atoms with Gasteiger partial charge in [0, 0.05) is 18.7 Å². The maximum atomic E-state index is 14.2. The van der Waals surface area contributed by atoms with Crippen molar-refractivity contribution >= 4 is 27.5 Å². The van der Waals surface area contributed by atoms with Gasteiger partial charge in [-0.25, -0.2) is 12.8 Å². The first-order valence-electron chi connectivity index (χ1n) is 14.8. The number of nitrogens with one attached hydrogen (secondary N) is 1. The van der Waals surface area contributed by atoms with Gasteiger partial charge in [0.1, 0.15) is 24.2 Å². The standard InChI is InChI=1S/C33H40FN3O7S/c1-23(33(39)35-26-10-6-5-7-11-26)36(21-24-9-8-12-28(19-24)42-2)32(38)22-37(27-15-13-25(34)14-16-27)45(40,41)29-17-18-30(43-3)31(20-29)44-4/h8-9,12-20,23,26H,5-7,10-11,21-22H2,1-4H3,(H,35,39)/t23-/m1/s1. The van der Waals surface area contributed by atoms with Crippen LogP contribution < -0.4 is 23.8 Å². The minimum absolute atomic E-state index is 0.0168. The third kappa shape index (κ3) is 8.24. The highest BCUT2D eigenvalue weighted by atomic mass is 32.2. The number of benzene rings is 3. The Hall–Kier alpha value is -4.32. The predicted octanol–water partition coefficient (Wildman–Crippen LogP) is 4.91. The number of amides is 2. The lowest BCUT2D eigenvalue weighted by Gasteiger charge is -2.33. The van der Waals surface area contributed by atoms with Crippen LogP contribution in [-0.4, -0.2) is 65.1 Å². The van der Waals surface area contributed by atoms with Crippen molar-refractivity contribution in [1.29, 1.82) is 0 Å². The molecule has 2 amide bonds. The van der Waals surface area contributed by atoms with Crippen molar-refractivity contribution in [2.45, 2.75) is 62.6 Å². The number of rotatable bonds is 13.